The van der Waals surface area contributed by atoms with Crippen molar-refractivity contribution < 1.29 is 14.3 Å². The van der Waals surface area contributed by atoms with E-state index in [9.17, 15) is 4.79 Å². The highest BCUT2D eigenvalue weighted by Gasteiger charge is 2.10. The molecular weight excluding hydrogens is 332 g/mol. The summed E-state index contributed by atoms with van der Waals surface area (Å²) in [5, 5.41) is 7.54. The molecule has 0 bridgehead atoms. The molecule has 1 heterocycles. The van der Waals surface area contributed by atoms with Crippen LogP contribution in [0.1, 0.15) is 10.4 Å². The maximum Gasteiger partial charge on any atom is 0.251 e. The van der Waals surface area contributed by atoms with Gasteiger partial charge in [-0.3, -0.25) is 4.79 Å². The van der Waals surface area contributed by atoms with E-state index in [-0.39, 0.29) is 5.91 Å². The number of hydrogen-bond donors (Lipinski definition) is 2. The van der Waals surface area contributed by atoms with E-state index >= 15 is 0 Å². The number of methoxy groups -OCH3 is 1. The Bertz CT molecular complexity index is 914. The summed E-state index contributed by atoms with van der Waals surface area (Å²) < 4.78 is 10.8. The summed E-state index contributed by atoms with van der Waals surface area (Å²) >= 11 is 0. The molecule has 1 amide bonds. The van der Waals surface area contributed by atoms with Crippen molar-refractivity contribution in [1.82, 2.24) is 15.3 Å². The first-order valence-corrected chi connectivity index (χ1v) is 8.19. The number of rotatable bonds is 7. The first-order valence-electron chi connectivity index (χ1n) is 8.19. The molecule has 0 aliphatic rings. The number of carbonyl (C=O) groups is 1. The average molecular weight is 352 g/mol. The second kappa shape index (κ2) is 8.26. The van der Waals surface area contributed by atoms with Crippen LogP contribution in [-0.2, 0) is 4.74 Å². The van der Waals surface area contributed by atoms with Crippen LogP contribution in [0.25, 0.3) is 10.8 Å². The molecule has 3 rings (SSSR count). The van der Waals surface area contributed by atoms with Crippen molar-refractivity contribution >= 4 is 22.5 Å². The average Bonchev–Trinajstić information content (AvgIpc) is 2.67. The van der Waals surface area contributed by atoms with Crippen LogP contribution in [0.4, 0.5) is 5.82 Å². The van der Waals surface area contributed by atoms with Gasteiger partial charge in [-0.25, -0.2) is 9.97 Å². The predicted molar refractivity (Wildman–Crippen MR) is 99.8 cm³/mol. The van der Waals surface area contributed by atoms with Gasteiger partial charge in [-0.1, -0.05) is 12.1 Å². The second-order valence-electron chi connectivity index (χ2n) is 5.53. The van der Waals surface area contributed by atoms with E-state index in [0.717, 1.165) is 10.8 Å². The number of carbonyl (C=O) groups excluding carboxylic acids is 1. The Labute approximate surface area is 151 Å². The number of amides is 1. The zero-order chi connectivity index (χ0) is 18.4. The van der Waals surface area contributed by atoms with Crippen molar-refractivity contribution in [3.05, 3.63) is 54.4 Å². The van der Waals surface area contributed by atoms with E-state index in [4.69, 9.17) is 9.47 Å². The minimum absolute atomic E-state index is 0.129. The monoisotopic (exact) mass is 352 g/mol. The lowest BCUT2D eigenvalue weighted by molar-refractivity contribution is 0.0938. The summed E-state index contributed by atoms with van der Waals surface area (Å²) in [6.45, 7) is 0.941. The van der Waals surface area contributed by atoms with Gasteiger partial charge in [-0.15, -0.1) is 0 Å². The van der Waals surface area contributed by atoms with Gasteiger partial charge in [0.1, 0.15) is 17.9 Å². The van der Waals surface area contributed by atoms with E-state index < -0.39 is 0 Å². The predicted octanol–water partition coefficient (Wildman–Crippen LogP) is 2.84. The smallest absolute Gasteiger partial charge is 0.251 e. The minimum atomic E-state index is -0.129. The number of nitrogens with zero attached hydrogens (tertiary/aromatic N) is 2. The van der Waals surface area contributed by atoms with Crippen LogP contribution in [0.5, 0.6) is 11.6 Å². The van der Waals surface area contributed by atoms with Crippen LogP contribution in [0.3, 0.4) is 0 Å². The van der Waals surface area contributed by atoms with Crippen molar-refractivity contribution in [3.8, 4) is 11.6 Å². The van der Waals surface area contributed by atoms with Crippen molar-refractivity contribution in [2.45, 2.75) is 0 Å². The fourth-order valence-corrected chi connectivity index (χ4v) is 2.54. The van der Waals surface area contributed by atoms with Gasteiger partial charge in [-0.2, -0.15) is 0 Å². The van der Waals surface area contributed by atoms with Crippen LogP contribution < -0.4 is 15.4 Å². The molecule has 3 aromatic rings. The van der Waals surface area contributed by atoms with Gasteiger partial charge >= 0.3 is 0 Å². The zero-order valence-corrected chi connectivity index (χ0v) is 14.7. The van der Waals surface area contributed by atoms with Gasteiger partial charge in [-0.05, 0) is 35.0 Å². The third kappa shape index (κ3) is 4.07. The minimum Gasteiger partial charge on any atom is -0.439 e. The Morgan fingerprint density at radius 2 is 2.04 bits per heavy atom. The molecule has 0 saturated carbocycles. The van der Waals surface area contributed by atoms with E-state index in [2.05, 4.69) is 20.6 Å². The van der Waals surface area contributed by atoms with Gasteiger partial charge in [0.15, 0.2) is 0 Å². The normalized spacial score (nSPS) is 10.5. The first-order chi connectivity index (χ1) is 12.7. The summed E-state index contributed by atoms with van der Waals surface area (Å²) in [6.07, 6.45) is 1.44. The first kappa shape index (κ1) is 17.6. The van der Waals surface area contributed by atoms with Crippen LogP contribution >= 0.6 is 0 Å². The molecule has 0 atom stereocenters. The van der Waals surface area contributed by atoms with E-state index in [0.29, 0.717) is 36.2 Å². The molecule has 0 aliphatic carbocycles. The van der Waals surface area contributed by atoms with Crippen LogP contribution in [0.15, 0.2) is 48.8 Å². The molecule has 0 fully saturated rings. The van der Waals surface area contributed by atoms with Crippen molar-refractivity contribution in [1.29, 1.82) is 0 Å². The van der Waals surface area contributed by atoms with Gasteiger partial charge < -0.3 is 20.1 Å². The third-order valence-electron chi connectivity index (χ3n) is 3.81. The number of ether oxygens (including phenoxy) is 2. The Balaban J connectivity index is 1.84. The molecule has 2 N–H and O–H groups in total. The Hall–Kier alpha value is -3.19. The number of nitrogens with one attached hydrogen (secondary N) is 2. The van der Waals surface area contributed by atoms with Crippen LogP contribution in [-0.4, -0.2) is 43.2 Å². The molecule has 26 heavy (non-hydrogen) atoms. The maximum absolute atomic E-state index is 12.4. The summed E-state index contributed by atoms with van der Waals surface area (Å²) in [5.74, 6) is 1.62. The summed E-state index contributed by atoms with van der Waals surface area (Å²) in [5.41, 5.74) is 0.615. The van der Waals surface area contributed by atoms with Gasteiger partial charge in [0.25, 0.3) is 5.91 Å². The lowest BCUT2D eigenvalue weighted by Crippen LogP contribution is -2.27. The Morgan fingerprint density at radius 1 is 1.15 bits per heavy atom. The molecular formula is C19H20N4O3. The highest BCUT2D eigenvalue weighted by atomic mass is 16.5. The number of hydrogen-bond acceptors (Lipinski definition) is 6. The largest absolute Gasteiger partial charge is 0.439 e. The number of anilines is 1. The van der Waals surface area contributed by atoms with Crippen molar-refractivity contribution in [3.63, 3.8) is 0 Å². The maximum atomic E-state index is 12.4. The van der Waals surface area contributed by atoms with Crippen LogP contribution in [0.2, 0.25) is 0 Å². The van der Waals surface area contributed by atoms with Crippen LogP contribution in [0, 0.1) is 0 Å². The molecule has 7 heteroatoms. The standard InChI is InChI=1S/C19H20N4O3/c1-20-17-11-18(23-12-22-17)26-14-6-7-15-13(10-14)4-3-5-16(15)19(24)21-8-9-25-2/h3-7,10-12H,8-9H2,1-2H3,(H,21,24)(H,20,22,23). The molecule has 7 nitrogen and oxygen atoms in total. The zero-order valence-electron chi connectivity index (χ0n) is 14.7. The molecule has 0 aliphatic heterocycles. The summed E-state index contributed by atoms with van der Waals surface area (Å²) in [6, 6.07) is 12.9. The number of benzene rings is 2. The van der Waals surface area contributed by atoms with Gasteiger partial charge in [0.2, 0.25) is 5.88 Å². The molecule has 0 radical (unpaired) electrons. The fraction of sp³-hybridized carbons (Fsp3) is 0.211. The number of fused-ring (bicyclic) bond motifs is 1. The quantitative estimate of drug-likeness (QED) is 0.636. The molecule has 1 aromatic heterocycles. The topological polar surface area (TPSA) is 85.4 Å². The van der Waals surface area contributed by atoms with Gasteiger partial charge in [0, 0.05) is 32.3 Å². The second-order valence-corrected chi connectivity index (χ2v) is 5.53. The van der Waals surface area contributed by atoms with E-state index in [1.54, 1.807) is 26.3 Å². The highest BCUT2D eigenvalue weighted by molar-refractivity contribution is 6.07. The molecule has 0 unspecified atom stereocenters. The van der Waals surface area contributed by atoms with E-state index in [1.807, 2.05) is 30.3 Å². The summed E-state index contributed by atoms with van der Waals surface area (Å²) in [4.78, 5) is 20.5. The highest BCUT2D eigenvalue weighted by Crippen LogP contribution is 2.27. The van der Waals surface area contributed by atoms with Crippen molar-refractivity contribution in [2.75, 3.05) is 32.6 Å². The van der Waals surface area contributed by atoms with Gasteiger partial charge in [0.05, 0.1) is 6.61 Å². The Morgan fingerprint density at radius 3 is 2.85 bits per heavy atom. The lowest BCUT2D eigenvalue weighted by atomic mass is 10.0. The fourth-order valence-electron chi connectivity index (χ4n) is 2.54. The SMILES string of the molecule is CNc1cc(Oc2ccc3c(C(=O)NCCOC)cccc3c2)ncn1. The third-order valence-corrected chi connectivity index (χ3v) is 3.81. The van der Waals surface area contributed by atoms with E-state index in [1.165, 1.54) is 6.33 Å². The Kier molecular flexibility index (Phi) is 5.60. The van der Waals surface area contributed by atoms with Crippen molar-refractivity contribution in [2.24, 2.45) is 0 Å². The lowest BCUT2D eigenvalue weighted by Gasteiger charge is -2.10. The molecule has 0 spiro atoms. The number of aromatic nitrogens is 2. The molecule has 0 saturated heterocycles. The molecule has 134 valence electrons. The summed E-state index contributed by atoms with van der Waals surface area (Å²) in [7, 11) is 3.38. The molecule has 2 aromatic carbocycles.